The Morgan fingerprint density at radius 1 is 1.33 bits per heavy atom. The maximum absolute atomic E-state index is 14.1. The molecule has 4 heteroatoms. The summed E-state index contributed by atoms with van der Waals surface area (Å²) in [5, 5.41) is 3.53. The van der Waals surface area contributed by atoms with Crippen molar-refractivity contribution in [3.63, 3.8) is 0 Å². The van der Waals surface area contributed by atoms with Gasteiger partial charge in [0.2, 0.25) is 0 Å². The van der Waals surface area contributed by atoms with E-state index in [1.807, 2.05) is 12.1 Å². The van der Waals surface area contributed by atoms with Crippen LogP contribution in [0.1, 0.15) is 44.6 Å². The van der Waals surface area contributed by atoms with Crippen LogP contribution in [0, 0.1) is 5.82 Å². The molecule has 1 saturated carbocycles. The second-order valence-corrected chi connectivity index (χ2v) is 6.80. The highest BCUT2D eigenvalue weighted by atomic mass is 79.9. The van der Waals surface area contributed by atoms with Crippen LogP contribution in [0.15, 0.2) is 22.7 Å². The summed E-state index contributed by atoms with van der Waals surface area (Å²) in [6.07, 6.45) is 6.44. The number of ether oxygens (including phenoxy) is 1. The number of rotatable bonds is 6. The summed E-state index contributed by atoms with van der Waals surface area (Å²) in [6.45, 7) is 2.96. The Morgan fingerprint density at radius 3 is 2.62 bits per heavy atom. The molecular weight excluding hydrogens is 333 g/mol. The van der Waals surface area contributed by atoms with Gasteiger partial charge < -0.3 is 10.1 Å². The molecule has 1 aromatic rings. The molecule has 0 amide bonds. The normalized spacial score (nSPS) is 19.4. The number of likely N-dealkylation sites (N-methyl/N-ethyl adjacent to an activating group) is 1. The zero-order valence-corrected chi connectivity index (χ0v) is 14.5. The lowest BCUT2D eigenvalue weighted by Gasteiger charge is -2.43. The standard InChI is InChI=1S/C17H25BrFNO/c1-3-20-16(17(21-2)9-5-4-6-10-17)11-13-7-8-14(18)12-15(13)19/h7-8,12,16,20H,3-6,9-11H2,1-2H3. The van der Waals surface area contributed by atoms with Crippen LogP contribution in [0.4, 0.5) is 4.39 Å². The molecule has 21 heavy (non-hydrogen) atoms. The van der Waals surface area contributed by atoms with E-state index >= 15 is 0 Å². The quantitative estimate of drug-likeness (QED) is 0.811. The zero-order valence-electron chi connectivity index (χ0n) is 12.9. The summed E-state index contributed by atoms with van der Waals surface area (Å²) in [6, 6.07) is 5.47. The summed E-state index contributed by atoms with van der Waals surface area (Å²) < 4.78 is 20.9. The van der Waals surface area contributed by atoms with Crippen molar-refractivity contribution in [1.29, 1.82) is 0 Å². The Balaban J connectivity index is 2.21. The number of methoxy groups -OCH3 is 1. The van der Waals surface area contributed by atoms with Gasteiger partial charge >= 0.3 is 0 Å². The molecule has 0 spiro atoms. The molecule has 0 heterocycles. The van der Waals surface area contributed by atoms with Crippen molar-refractivity contribution in [3.8, 4) is 0 Å². The molecular formula is C17H25BrFNO. The fraction of sp³-hybridized carbons (Fsp3) is 0.647. The summed E-state index contributed by atoms with van der Waals surface area (Å²) in [5.41, 5.74) is 0.597. The molecule has 118 valence electrons. The lowest BCUT2D eigenvalue weighted by molar-refractivity contribution is -0.0671. The molecule has 1 N–H and O–H groups in total. The first-order chi connectivity index (χ1) is 10.1. The number of hydrogen-bond acceptors (Lipinski definition) is 2. The monoisotopic (exact) mass is 357 g/mol. The van der Waals surface area contributed by atoms with E-state index in [1.165, 1.54) is 19.3 Å². The first-order valence-corrected chi connectivity index (χ1v) is 8.63. The van der Waals surface area contributed by atoms with Crippen molar-refractivity contribution in [1.82, 2.24) is 5.32 Å². The lowest BCUT2D eigenvalue weighted by atomic mass is 9.77. The third-order valence-corrected chi connectivity index (χ3v) is 5.12. The minimum absolute atomic E-state index is 0.144. The van der Waals surface area contributed by atoms with E-state index in [2.05, 4.69) is 28.2 Å². The number of benzene rings is 1. The Morgan fingerprint density at radius 2 is 2.05 bits per heavy atom. The predicted octanol–water partition coefficient (Wildman–Crippen LogP) is 4.46. The SMILES string of the molecule is CCNC(Cc1ccc(Br)cc1F)C1(OC)CCCCC1. The Kier molecular flexibility index (Phi) is 6.20. The average Bonchev–Trinajstić information content (AvgIpc) is 2.50. The molecule has 0 aromatic heterocycles. The van der Waals surface area contributed by atoms with Gasteiger partial charge in [-0.1, -0.05) is 48.2 Å². The predicted molar refractivity (Wildman–Crippen MR) is 88.1 cm³/mol. The topological polar surface area (TPSA) is 21.3 Å². The molecule has 0 bridgehead atoms. The Hall–Kier alpha value is -0.450. The maximum atomic E-state index is 14.1. The molecule has 0 aliphatic heterocycles. The van der Waals surface area contributed by atoms with Gasteiger partial charge in [0.1, 0.15) is 5.82 Å². The van der Waals surface area contributed by atoms with Gasteiger partial charge in [0, 0.05) is 17.6 Å². The van der Waals surface area contributed by atoms with Crippen LogP contribution < -0.4 is 5.32 Å². The summed E-state index contributed by atoms with van der Waals surface area (Å²) >= 11 is 3.31. The minimum atomic E-state index is -0.159. The van der Waals surface area contributed by atoms with Crippen LogP contribution in [-0.4, -0.2) is 25.3 Å². The third kappa shape index (κ3) is 4.05. The van der Waals surface area contributed by atoms with Gasteiger partial charge in [-0.2, -0.15) is 0 Å². The van der Waals surface area contributed by atoms with E-state index in [-0.39, 0.29) is 17.5 Å². The van der Waals surface area contributed by atoms with Crippen LogP contribution in [0.5, 0.6) is 0 Å². The van der Waals surface area contributed by atoms with E-state index in [1.54, 1.807) is 13.2 Å². The number of hydrogen-bond donors (Lipinski definition) is 1. The number of nitrogens with one attached hydrogen (secondary N) is 1. The van der Waals surface area contributed by atoms with Gasteiger partial charge in [-0.25, -0.2) is 4.39 Å². The fourth-order valence-corrected chi connectivity index (χ4v) is 3.78. The molecule has 1 atom stereocenters. The van der Waals surface area contributed by atoms with Crippen molar-refractivity contribution in [3.05, 3.63) is 34.1 Å². The first-order valence-electron chi connectivity index (χ1n) is 7.84. The summed E-state index contributed by atoms with van der Waals surface area (Å²) in [7, 11) is 1.80. The Bertz CT molecular complexity index is 460. The average molecular weight is 358 g/mol. The lowest BCUT2D eigenvalue weighted by Crippen LogP contribution is -2.54. The van der Waals surface area contributed by atoms with E-state index in [0.717, 1.165) is 29.4 Å². The molecule has 2 rings (SSSR count). The molecule has 1 aromatic carbocycles. The fourth-order valence-electron chi connectivity index (χ4n) is 3.44. The number of halogens is 2. The maximum Gasteiger partial charge on any atom is 0.127 e. The largest absolute Gasteiger partial charge is 0.377 e. The summed E-state index contributed by atoms with van der Waals surface area (Å²) in [5.74, 6) is -0.144. The van der Waals surface area contributed by atoms with Crippen LogP contribution in [0.25, 0.3) is 0 Å². The van der Waals surface area contributed by atoms with Crippen molar-refractivity contribution < 1.29 is 9.13 Å². The molecule has 1 aliphatic carbocycles. The van der Waals surface area contributed by atoms with Gasteiger partial charge in [0.15, 0.2) is 0 Å². The van der Waals surface area contributed by atoms with E-state index in [0.29, 0.717) is 6.42 Å². The van der Waals surface area contributed by atoms with Gasteiger partial charge in [-0.15, -0.1) is 0 Å². The van der Waals surface area contributed by atoms with Crippen molar-refractivity contribution >= 4 is 15.9 Å². The summed E-state index contributed by atoms with van der Waals surface area (Å²) in [4.78, 5) is 0. The molecule has 1 unspecified atom stereocenters. The minimum Gasteiger partial charge on any atom is -0.377 e. The second-order valence-electron chi connectivity index (χ2n) is 5.88. The van der Waals surface area contributed by atoms with E-state index < -0.39 is 0 Å². The van der Waals surface area contributed by atoms with Crippen LogP contribution in [0.3, 0.4) is 0 Å². The molecule has 0 saturated heterocycles. The molecule has 0 radical (unpaired) electrons. The first kappa shape index (κ1) is 16.9. The highest BCUT2D eigenvalue weighted by Crippen LogP contribution is 2.35. The highest BCUT2D eigenvalue weighted by Gasteiger charge is 2.39. The highest BCUT2D eigenvalue weighted by molar-refractivity contribution is 9.10. The van der Waals surface area contributed by atoms with Crippen molar-refractivity contribution in [2.75, 3.05) is 13.7 Å². The smallest absolute Gasteiger partial charge is 0.127 e. The van der Waals surface area contributed by atoms with E-state index in [9.17, 15) is 4.39 Å². The molecule has 1 aliphatic rings. The van der Waals surface area contributed by atoms with Gasteiger partial charge in [-0.3, -0.25) is 0 Å². The van der Waals surface area contributed by atoms with Gasteiger partial charge in [-0.05, 0) is 43.5 Å². The third-order valence-electron chi connectivity index (χ3n) is 4.63. The van der Waals surface area contributed by atoms with Crippen LogP contribution in [0.2, 0.25) is 0 Å². The molecule has 1 fully saturated rings. The van der Waals surface area contributed by atoms with Crippen molar-refractivity contribution in [2.24, 2.45) is 0 Å². The molecule has 2 nitrogen and oxygen atoms in total. The van der Waals surface area contributed by atoms with Crippen LogP contribution >= 0.6 is 15.9 Å². The Labute approximate surface area is 135 Å². The van der Waals surface area contributed by atoms with Crippen molar-refractivity contribution in [2.45, 2.75) is 57.1 Å². The van der Waals surface area contributed by atoms with Crippen LogP contribution in [-0.2, 0) is 11.2 Å². The van der Waals surface area contributed by atoms with E-state index in [4.69, 9.17) is 4.74 Å². The van der Waals surface area contributed by atoms with Gasteiger partial charge in [0.05, 0.1) is 5.60 Å². The second kappa shape index (κ2) is 7.70. The zero-order chi connectivity index (χ0) is 15.3. The van der Waals surface area contributed by atoms with Gasteiger partial charge in [0.25, 0.3) is 0 Å².